The molecule has 4 aromatic rings. The summed E-state index contributed by atoms with van der Waals surface area (Å²) in [5, 5.41) is 5.53. The molecule has 0 aliphatic rings. The van der Waals surface area contributed by atoms with Gasteiger partial charge in [-0.05, 0) is 42.8 Å². The van der Waals surface area contributed by atoms with Crippen LogP contribution in [0.1, 0.15) is 18.2 Å². The number of aromatic nitrogens is 4. The predicted octanol–water partition coefficient (Wildman–Crippen LogP) is 5.05. The fraction of sp³-hybridized carbons (Fsp3) is 0.227. The van der Waals surface area contributed by atoms with Crippen LogP contribution in [0, 0.1) is 0 Å². The van der Waals surface area contributed by atoms with Gasteiger partial charge in [-0.3, -0.25) is 9.48 Å². The van der Waals surface area contributed by atoms with Gasteiger partial charge in [-0.25, -0.2) is 4.98 Å². The number of halogens is 2. The molecule has 8 heteroatoms. The van der Waals surface area contributed by atoms with Crippen molar-refractivity contribution in [3.63, 3.8) is 0 Å². The number of nitrogens with zero attached hydrogens (tertiary/aromatic N) is 4. The first-order chi connectivity index (χ1) is 14.4. The second-order valence-corrected chi connectivity index (χ2v) is 7.80. The van der Waals surface area contributed by atoms with E-state index in [9.17, 15) is 4.79 Å². The Balaban J connectivity index is 1.45. The number of esters is 1. The number of carbonyl (C=O) groups is 1. The molecule has 0 atom stereocenters. The van der Waals surface area contributed by atoms with Crippen LogP contribution in [0.15, 0.2) is 48.8 Å². The number of fused-ring (bicyclic) bond motifs is 1. The number of hydrogen-bond acceptors (Lipinski definition) is 4. The van der Waals surface area contributed by atoms with Crippen molar-refractivity contribution in [1.29, 1.82) is 0 Å². The van der Waals surface area contributed by atoms with E-state index in [0.717, 1.165) is 33.5 Å². The number of ether oxygens (including phenoxy) is 1. The number of benzene rings is 2. The molecule has 2 heterocycles. The summed E-state index contributed by atoms with van der Waals surface area (Å²) in [6.07, 6.45) is 1.89. The molecule has 0 bridgehead atoms. The summed E-state index contributed by atoms with van der Waals surface area (Å²) in [7, 11) is 1.94. The van der Waals surface area contributed by atoms with E-state index in [1.807, 2.05) is 48.9 Å². The van der Waals surface area contributed by atoms with Gasteiger partial charge in [0.1, 0.15) is 6.61 Å². The van der Waals surface area contributed by atoms with Crippen LogP contribution in [0.4, 0.5) is 0 Å². The zero-order valence-electron chi connectivity index (χ0n) is 16.6. The molecule has 0 fully saturated rings. The third-order valence-corrected chi connectivity index (χ3v) is 5.63. The average Bonchev–Trinajstić information content (AvgIpc) is 3.31. The maximum Gasteiger partial charge on any atom is 0.312 e. The molecule has 2 aromatic heterocycles. The van der Waals surface area contributed by atoms with Crippen molar-refractivity contribution in [2.24, 2.45) is 7.05 Å². The summed E-state index contributed by atoms with van der Waals surface area (Å²) in [4.78, 5) is 16.8. The summed E-state index contributed by atoms with van der Waals surface area (Å²) in [5.41, 5.74) is 5.17. The highest BCUT2D eigenvalue weighted by Crippen LogP contribution is 2.28. The molecule has 0 saturated heterocycles. The van der Waals surface area contributed by atoms with Crippen LogP contribution < -0.4 is 0 Å². The van der Waals surface area contributed by atoms with Gasteiger partial charge in [0, 0.05) is 19.2 Å². The molecule has 0 radical (unpaired) electrons. The van der Waals surface area contributed by atoms with E-state index in [4.69, 9.17) is 27.9 Å². The monoisotopic (exact) mass is 442 g/mol. The molecule has 0 saturated carbocycles. The van der Waals surface area contributed by atoms with E-state index < -0.39 is 0 Å². The molecule has 2 aromatic carbocycles. The van der Waals surface area contributed by atoms with Crippen molar-refractivity contribution in [3.8, 4) is 11.3 Å². The van der Waals surface area contributed by atoms with Crippen LogP contribution in [-0.2, 0) is 36.2 Å². The van der Waals surface area contributed by atoms with Crippen molar-refractivity contribution in [3.05, 3.63) is 70.1 Å². The quantitative estimate of drug-likeness (QED) is 0.392. The summed E-state index contributed by atoms with van der Waals surface area (Å²) in [5.74, 6) is -0.314. The fourth-order valence-electron chi connectivity index (χ4n) is 3.30. The number of rotatable bonds is 6. The molecule has 4 rings (SSSR count). The van der Waals surface area contributed by atoms with Gasteiger partial charge in [-0.2, -0.15) is 5.10 Å². The van der Waals surface area contributed by atoms with E-state index in [0.29, 0.717) is 16.6 Å². The van der Waals surface area contributed by atoms with Crippen LogP contribution in [0.3, 0.4) is 0 Å². The van der Waals surface area contributed by atoms with E-state index in [1.165, 1.54) is 0 Å². The van der Waals surface area contributed by atoms with E-state index in [2.05, 4.69) is 10.1 Å². The zero-order valence-corrected chi connectivity index (χ0v) is 18.1. The third kappa shape index (κ3) is 4.20. The normalized spacial score (nSPS) is 11.2. The predicted molar refractivity (Wildman–Crippen MR) is 118 cm³/mol. The molecule has 6 nitrogen and oxygen atoms in total. The van der Waals surface area contributed by atoms with Crippen LogP contribution in [0.2, 0.25) is 10.0 Å². The number of aryl methyl sites for hydroxylation is 2. The smallest absolute Gasteiger partial charge is 0.312 e. The minimum absolute atomic E-state index is 0.133. The topological polar surface area (TPSA) is 61.9 Å². The number of carbonyl (C=O) groups excluding carboxylic acids is 1. The lowest BCUT2D eigenvalue weighted by atomic mass is 10.1. The first kappa shape index (κ1) is 20.4. The minimum Gasteiger partial charge on any atom is -0.461 e. The SMILES string of the molecule is CCn1nc(-c2ccc(Cl)c(Cl)c2)cc1CC(=O)OCc1ccc2c(c1)ncn2C. The van der Waals surface area contributed by atoms with Gasteiger partial charge in [0.2, 0.25) is 0 Å². The van der Waals surface area contributed by atoms with Crippen LogP contribution in [-0.4, -0.2) is 25.3 Å². The molecule has 154 valence electrons. The lowest BCUT2D eigenvalue weighted by molar-refractivity contribution is -0.144. The second kappa shape index (κ2) is 8.50. The molecule has 30 heavy (non-hydrogen) atoms. The van der Waals surface area contributed by atoms with Crippen molar-refractivity contribution in [1.82, 2.24) is 19.3 Å². The van der Waals surface area contributed by atoms with Crippen molar-refractivity contribution in [2.45, 2.75) is 26.5 Å². The fourth-order valence-corrected chi connectivity index (χ4v) is 3.60. The van der Waals surface area contributed by atoms with Crippen molar-refractivity contribution in [2.75, 3.05) is 0 Å². The van der Waals surface area contributed by atoms with E-state index in [-0.39, 0.29) is 19.0 Å². The Bertz CT molecular complexity index is 1230. The summed E-state index contributed by atoms with van der Waals surface area (Å²) in [6.45, 7) is 2.81. The van der Waals surface area contributed by atoms with Crippen LogP contribution in [0.5, 0.6) is 0 Å². The van der Waals surface area contributed by atoms with Gasteiger partial charge in [-0.1, -0.05) is 35.3 Å². The lowest BCUT2D eigenvalue weighted by Gasteiger charge is -2.06. The molecule has 0 aliphatic carbocycles. The number of imidazole rings is 1. The Morgan fingerprint density at radius 2 is 1.93 bits per heavy atom. The van der Waals surface area contributed by atoms with Crippen molar-refractivity contribution >= 4 is 40.2 Å². The highest BCUT2D eigenvalue weighted by atomic mass is 35.5. The number of hydrogen-bond donors (Lipinski definition) is 0. The summed E-state index contributed by atoms with van der Waals surface area (Å²) in [6, 6.07) is 13.1. The second-order valence-electron chi connectivity index (χ2n) is 6.98. The van der Waals surface area contributed by atoms with Gasteiger partial charge < -0.3 is 9.30 Å². The first-order valence-corrected chi connectivity index (χ1v) is 10.3. The summed E-state index contributed by atoms with van der Waals surface area (Å²) >= 11 is 12.1. The molecule has 0 N–H and O–H groups in total. The Labute approximate surface area is 184 Å². The highest BCUT2D eigenvalue weighted by Gasteiger charge is 2.14. The van der Waals surface area contributed by atoms with Crippen LogP contribution in [0.25, 0.3) is 22.3 Å². The highest BCUT2D eigenvalue weighted by molar-refractivity contribution is 6.42. The maximum absolute atomic E-state index is 12.4. The standard InChI is InChI=1S/C22H20Cl2N4O2/c1-3-28-16(10-19(26-28)15-5-6-17(23)18(24)9-15)11-22(29)30-12-14-4-7-21-20(8-14)25-13-27(21)2/h4-10,13H,3,11-12H2,1-2H3. The van der Waals surface area contributed by atoms with Gasteiger partial charge in [0.25, 0.3) is 0 Å². The Hall–Kier alpha value is -2.83. The largest absolute Gasteiger partial charge is 0.461 e. The van der Waals surface area contributed by atoms with Gasteiger partial charge in [0.15, 0.2) is 0 Å². The first-order valence-electron chi connectivity index (χ1n) is 9.52. The van der Waals surface area contributed by atoms with Gasteiger partial charge in [0.05, 0.1) is 45.2 Å². The molecular weight excluding hydrogens is 423 g/mol. The van der Waals surface area contributed by atoms with Crippen LogP contribution >= 0.6 is 23.2 Å². The molecule has 0 spiro atoms. The molecular formula is C22H20Cl2N4O2. The third-order valence-electron chi connectivity index (χ3n) is 4.89. The Morgan fingerprint density at radius 3 is 2.70 bits per heavy atom. The minimum atomic E-state index is -0.314. The van der Waals surface area contributed by atoms with Gasteiger partial charge >= 0.3 is 5.97 Å². The molecule has 0 aliphatic heterocycles. The van der Waals surface area contributed by atoms with E-state index in [1.54, 1.807) is 23.1 Å². The Morgan fingerprint density at radius 1 is 1.10 bits per heavy atom. The Kier molecular flexibility index (Phi) is 5.79. The lowest BCUT2D eigenvalue weighted by Crippen LogP contribution is -2.12. The van der Waals surface area contributed by atoms with Gasteiger partial charge in [-0.15, -0.1) is 0 Å². The molecule has 0 amide bonds. The summed E-state index contributed by atoms with van der Waals surface area (Å²) < 4.78 is 9.22. The maximum atomic E-state index is 12.4. The van der Waals surface area contributed by atoms with E-state index >= 15 is 0 Å². The van der Waals surface area contributed by atoms with Crippen molar-refractivity contribution < 1.29 is 9.53 Å². The average molecular weight is 443 g/mol. The molecule has 0 unspecified atom stereocenters. The zero-order chi connectivity index (χ0) is 21.3.